The van der Waals surface area contributed by atoms with Gasteiger partial charge in [-0.1, -0.05) is 6.58 Å². The van der Waals surface area contributed by atoms with Gasteiger partial charge < -0.3 is 28.0 Å². The Labute approximate surface area is 118 Å². The normalized spacial score (nSPS) is 10.0. The van der Waals surface area contributed by atoms with Crippen LogP contribution in [0.2, 0.25) is 0 Å². The van der Waals surface area contributed by atoms with Gasteiger partial charge >= 0.3 is 5.97 Å². The number of aliphatic imine (C=N–C) groups is 1. The molecule has 19 heavy (non-hydrogen) atoms. The summed E-state index contributed by atoms with van der Waals surface area (Å²) in [7, 11) is 0. The third kappa shape index (κ3) is 18.7. The Balaban J connectivity index is -0.000000313. The third-order valence-corrected chi connectivity index (χ3v) is 1.71. The maximum atomic E-state index is 10.2. The van der Waals surface area contributed by atoms with Gasteiger partial charge in [-0.3, -0.25) is 14.6 Å². The first-order valence-corrected chi connectivity index (χ1v) is 5.17. The van der Waals surface area contributed by atoms with Gasteiger partial charge in [0.2, 0.25) is 5.91 Å². The smallest absolute Gasteiger partial charge is 0.320 e. The molecular weight excluding hydrogens is 274 g/mol. The molecule has 0 aliphatic rings. The molecule has 0 radical (unpaired) electrons. The van der Waals surface area contributed by atoms with Crippen LogP contribution in [0.3, 0.4) is 0 Å². The van der Waals surface area contributed by atoms with Crippen molar-refractivity contribution in [1.29, 1.82) is 0 Å². The number of rotatable bonds is 6. The van der Waals surface area contributed by atoms with E-state index in [-0.39, 0.29) is 18.4 Å². The van der Waals surface area contributed by atoms with Crippen molar-refractivity contribution in [2.75, 3.05) is 6.54 Å². The van der Waals surface area contributed by atoms with Crippen LogP contribution in [0.5, 0.6) is 0 Å². The number of nitrogens with zero attached hydrogens (tertiary/aromatic N) is 1. The van der Waals surface area contributed by atoms with Crippen molar-refractivity contribution in [3.63, 3.8) is 0 Å². The highest BCUT2D eigenvalue weighted by atomic mass is 35.5. The van der Waals surface area contributed by atoms with Crippen molar-refractivity contribution in [3.05, 3.63) is 12.2 Å². The van der Waals surface area contributed by atoms with Gasteiger partial charge in [-0.15, -0.1) is 12.4 Å². The monoisotopic (exact) mass is 295 g/mol. The minimum absolute atomic E-state index is 0. The van der Waals surface area contributed by atoms with Crippen molar-refractivity contribution in [1.82, 2.24) is 0 Å². The van der Waals surface area contributed by atoms with Crippen LogP contribution in [-0.2, 0) is 9.59 Å². The number of carbonyl (C=O) groups excluding carboxylic acids is 1. The van der Waals surface area contributed by atoms with Gasteiger partial charge in [-0.05, 0) is 19.8 Å². The van der Waals surface area contributed by atoms with Gasteiger partial charge in [0.25, 0.3) is 0 Å². The highest BCUT2D eigenvalue weighted by Crippen LogP contribution is 1.94. The minimum atomic E-state index is -1.00. The van der Waals surface area contributed by atoms with Gasteiger partial charge in [0.05, 0.1) is 0 Å². The van der Waals surface area contributed by atoms with E-state index in [2.05, 4.69) is 11.6 Å². The largest absolute Gasteiger partial charge is 0.480 e. The SMILES string of the molecule is C=C(C)C(N)=O.Cl.NC(N)=NCCCC(N)C(=O)O. The topological polar surface area (TPSA) is 171 Å². The fourth-order valence-corrected chi connectivity index (χ4v) is 0.643. The van der Waals surface area contributed by atoms with Gasteiger partial charge in [0, 0.05) is 12.1 Å². The number of nitrogens with two attached hydrogens (primary N) is 4. The lowest BCUT2D eigenvalue weighted by Crippen LogP contribution is -2.30. The predicted octanol–water partition coefficient (Wildman–Crippen LogP) is -1.08. The van der Waals surface area contributed by atoms with Crippen LogP contribution < -0.4 is 22.9 Å². The van der Waals surface area contributed by atoms with Crippen molar-refractivity contribution in [2.45, 2.75) is 25.8 Å². The van der Waals surface area contributed by atoms with Gasteiger partial charge in [-0.25, -0.2) is 0 Å². The summed E-state index contributed by atoms with van der Waals surface area (Å²) < 4.78 is 0. The molecule has 1 unspecified atom stereocenters. The first-order chi connectivity index (χ1) is 8.18. The number of hydrogen-bond donors (Lipinski definition) is 5. The molecule has 0 aromatic carbocycles. The van der Waals surface area contributed by atoms with E-state index in [9.17, 15) is 9.59 Å². The summed E-state index contributed by atoms with van der Waals surface area (Å²) in [6.07, 6.45) is 0.956. The Morgan fingerprint density at radius 3 is 2.00 bits per heavy atom. The lowest BCUT2D eigenvalue weighted by molar-refractivity contribution is -0.138. The molecule has 1 atom stereocenters. The number of halogens is 1. The summed E-state index contributed by atoms with van der Waals surface area (Å²) in [4.78, 5) is 23.7. The summed E-state index contributed by atoms with van der Waals surface area (Å²) in [5.41, 5.74) is 20.4. The van der Waals surface area contributed by atoms with Crippen LogP contribution in [0.1, 0.15) is 19.8 Å². The molecule has 0 aliphatic heterocycles. The number of amides is 1. The van der Waals surface area contributed by atoms with E-state index in [1.54, 1.807) is 6.92 Å². The summed E-state index contributed by atoms with van der Waals surface area (Å²) in [6.45, 7) is 5.27. The Morgan fingerprint density at radius 2 is 1.74 bits per heavy atom. The van der Waals surface area contributed by atoms with E-state index in [0.29, 0.717) is 25.0 Å². The molecule has 0 spiro atoms. The fourth-order valence-electron chi connectivity index (χ4n) is 0.643. The molecule has 0 rings (SSSR count). The Morgan fingerprint density at radius 1 is 1.32 bits per heavy atom. The number of aliphatic carboxylic acids is 1. The van der Waals surface area contributed by atoms with Gasteiger partial charge in [0.1, 0.15) is 6.04 Å². The van der Waals surface area contributed by atoms with E-state index in [0.717, 1.165) is 0 Å². The Hall–Kier alpha value is -1.80. The standard InChI is InChI=1S/C6H14N4O2.C4H7NO.ClH/c7-4(5(11)12)2-1-3-10-6(8)9;1-3(2)4(5)6;/h4H,1-3,7H2,(H,11,12)(H4,8,9,10);1H2,2H3,(H2,5,6);1H. The van der Waals surface area contributed by atoms with Crippen molar-refractivity contribution in [2.24, 2.45) is 27.9 Å². The molecule has 0 bridgehead atoms. The van der Waals surface area contributed by atoms with Crippen LogP contribution in [0.25, 0.3) is 0 Å². The Bertz CT molecular complexity index is 317. The van der Waals surface area contributed by atoms with Crippen LogP contribution in [-0.4, -0.2) is 35.5 Å². The molecule has 0 fully saturated rings. The highest BCUT2D eigenvalue weighted by molar-refractivity contribution is 5.90. The van der Waals surface area contributed by atoms with Crippen molar-refractivity contribution in [3.8, 4) is 0 Å². The molecule has 9 heteroatoms. The zero-order chi connectivity index (χ0) is 14.7. The zero-order valence-electron chi connectivity index (χ0n) is 10.8. The summed E-state index contributed by atoms with van der Waals surface area (Å²) in [6, 6.07) is -0.820. The van der Waals surface area contributed by atoms with Crippen molar-refractivity contribution < 1.29 is 14.7 Å². The second-order valence-corrected chi connectivity index (χ2v) is 3.54. The molecule has 8 nitrogen and oxygen atoms in total. The first-order valence-electron chi connectivity index (χ1n) is 5.17. The molecule has 0 aromatic heterocycles. The second-order valence-electron chi connectivity index (χ2n) is 3.54. The number of hydrogen-bond acceptors (Lipinski definition) is 4. The molecule has 0 saturated carbocycles. The average molecular weight is 296 g/mol. The van der Waals surface area contributed by atoms with E-state index < -0.39 is 17.9 Å². The maximum absolute atomic E-state index is 10.2. The predicted molar refractivity (Wildman–Crippen MR) is 76.8 cm³/mol. The molecule has 1 amide bonds. The molecular formula is C10H22ClN5O3. The third-order valence-electron chi connectivity index (χ3n) is 1.71. The summed E-state index contributed by atoms with van der Waals surface area (Å²) in [5, 5.41) is 8.38. The van der Waals surface area contributed by atoms with Crippen LogP contribution in [0.4, 0.5) is 0 Å². The molecule has 0 saturated heterocycles. The van der Waals surface area contributed by atoms with Crippen LogP contribution >= 0.6 is 12.4 Å². The average Bonchev–Trinajstić information content (AvgIpc) is 2.24. The number of primary amides is 1. The van der Waals surface area contributed by atoms with Gasteiger partial charge in [-0.2, -0.15) is 0 Å². The molecule has 0 aromatic rings. The summed E-state index contributed by atoms with van der Waals surface area (Å²) >= 11 is 0. The number of guanidine groups is 1. The second kappa shape index (κ2) is 12.7. The Kier molecular flexibility index (Phi) is 14.9. The molecule has 9 N–H and O–H groups in total. The number of carbonyl (C=O) groups is 2. The van der Waals surface area contributed by atoms with E-state index in [1.165, 1.54) is 0 Å². The highest BCUT2D eigenvalue weighted by Gasteiger charge is 2.09. The maximum Gasteiger partial charge on any atom is 0.320 e. The van der Waals surface area contributed by atoms with E-state index >= 15 is 0 Å². The van der Waals surface area contributed by atoms with Crippen LogP contribution in [0, 0.1) is 0 Å². The zero-order valence-corrected chi connectivity index (χ0v) is 11.7. The van der Waals surface area contributed by atoms with Gasteiger partial charge in [0.15, 0.2) is 5.96 Å². The lowest BCUT2D eigenvalue weighted by atomic mass is 10.2. The minimum Gasteiger partial charge on any atom is -0.480 e. The van der Waals surface area contributed by atoms with E-state index in [1.807, 2.05) is 0 Å². The van der Waals surface area contributed by atoms with Crippen molar-refractivity contribution >= 4 is 30.2 Å². The first kappa shape index (κ1) is 22.4. The lowest BCUT2D eigenvalue weighted by Gasteiger charge is -2.03. The molecule has 0 heterocycles. The fraction of sp³-hybridized carbons (Fsp3) is 0.500. The van der Waals surface area contributed by atoms with E-state index in [4.69, 9.17) is 28.0 Å². The molecule has 0 aliphatic carbocycles. The van der Waals surface area contributed by atoms with Crippen LogP contribution in [0.15, 0.2) is 17.1 Å². The summed E-state index contributed by atoms with van der Waals surface area (Å²) in [5.74, 6) is -1.42. The number of carboxylic acids is 1. The number of carboxylic acid groups (broad SMARTS) is 1. The quantitative estimate of drug-likeness (QED) is 0.180. The molecule has 112 valence electrons.